The Morgan fingerprint density at radius 2 is 1.68 bits per heavy atom. The van der Waals surface area contributed by atoms with E-state index < -0.39 is 12.0 Å². The number of benzene rings is 3. The molecule has 176 valence electrons. The van der Waals surface area contributed by atoms with Crippen LogP contribution in [-0.4, -0.2) is 31.4 Å². The SMILES string of the molecule is CCOC(=O)c1ccccc1NC(=O)NC(Cc1ccc(F)cc1)Cc1ccc2c(c1)OCO2. The molecule has 0 aliphatic carbocycles. The molecule has 1 unspecified atom stereocenters. The number of rotatable bonds is 8. The van der Waals surface area contributed by atoms with E-state index in [0.29, 0.717) is 30.0 Å². The fourth-order valence-corrected chi connectivity index (χ4v) is 3.75. The number of urea groups is 1. The van der Waals surface area contributed by atoms with Gasteiger partial charge in [-0.2, -0.15) is 0 Å². The van der Waals surface area contributed by atoms with Gasteiger partial charge in [0, 0.05) is 6.04 Å². The molecular formula is C26H25FN2O5. The summed E-state index contributed by atoms with van der Waals surface area (Å²) in [5, 5.41) is 5.72. The molecule has 1 heterocycles. The van der Waals surface area contributed by atoms with Crippen LogP contribution < -0.4 is 20.1 Å². The van der Waals surface area contributed by atoms with Gasteiger partial charge in [0.05, 0.1) is 17.9 Å². The Morgan fingerprint density at radius 1 is 0.971 bits per heavy atom. The lowest BCUT2D eigenvalue weighted by Crippen LogP contribution is -2.41. The molecule has 1 aliphatic heterocycles. The van der Waals surface area contributed by atoms with Gasteiger partial charge in [0.15, 0.2) is 11.5 Å². The van der Waals surface area contributed by atoms with Crippen molar-refractivity contribution >= 4 is 17.7 Å². The van der Waals surface area contributed by atoms with Crippen LogP contribution in [0.5, 0.6) is 11.5 Å². The summed E-state index contributed by atoms with van der Waals surface area (Å²) in [4.78, 5) is 25.1. The number of carbonyl (C=O) groups is 2. The summed E-state index contributed by atoms with van der Waals surface area (Å²) in [5.74, 6) is 0.505. The average Bonchev–Trinajstić information content (AvgIpc) is 3.29. The van der Waals surface area contributed by atoms with Gasteiger partial charge in [-0.1, -0.05) is 30.3 Å². The van der Waals surface area contributed by atoms with Gasteiger partial charge in [0.2, 0.25) is 6.79 Å². The topological polar surface area (TPSA) is 85.9 Å². The Bertz CT molecular complexity index is 1170. The summed E-state index contributed by atoms with van der Waals surface area (Å²) in [6.45, 7) is 2.13. The first-order valence-corrected chi connectivity index (χ1v) is 11.0. The molecule has 3 aromatic rings. The first-order chi connectivity index (χ1) is 16.5. The maximum absolute atomic E-state index is 13.4. The highest BCUT2D eigenvalue weighted by Crippen LogP contribution is 2.33. The van der Waals surface area contributed by atoms with E-state index in [1.165, 1.54) is 12.1 Å². The monoisotopic (exact) mass is 464 g/mol. The van der Waals surface area contributed by atoms with E-state index >= 15 is 0 Å². The minimum atomic E-state index is -0.512. The molecule has 34 heavy (non-hydrogen) atoms. The first kappa shape index (κ1) is 23.1. The van der Waals surface area contributed by atoms with Crippen molar-refractivity contribution in [3.63, 3.8) is 0 Å². The maximum atomic E-state index is 13.4. The number of anilines is 1. The van der Waals surface area contributed by atoms with Crippen LogP contribution >= 0.6 is 0 Å². The van der Waals surface area contributed by atoms with E-state index in [0.717, 1.165) is 11.1 Å². The summed E-state index contributed by atoms with van der Waals surface area (Å²) in [5.41, 5.74) is 2.44. The zero-order valence-electron chi connectivity index (χ0n) is 18.7. The van der Waals surface area contributed by atoms with Gasteiger partial charge in [-0.05, 0) is 67.3 Å². The molecule has 0 saturated carbocycles. The maximum Gasteiger partial charge on any atom is 0.340 e. The third-order valence-electron chi connectivity index (χ3n) is 5.32. The lowest BCUT2D eigenvalue weighted by Gasteiger charge is -2.20. The summed E-state index contributed by atoms with van der Waals surface area (Å²) in [7, 11) is 0. The van der Waals surface area contributed by atoms with Crippen molar-refractivity contribution < 1.29 is 28.2 Å². The molecule has 7 nitrogen and oxygen atoms in total. The number of amides is 2. The quantitative estimate of drug-likeness (QED) is 0.472. The Labute approximate surface area is 196 Å². The second-order valence-electron chi connectivity index (χ2n) is 7.78. The predicted octanol–water partition coefficient (Wildman–Crippen LogP) is 4.71. The molecule has 1 aliphatic rings. The van der Waals surface area contributed by atoms with Gasteiger partial charge in [-0.25, -0.2) is 14.0 Å². The lowest BCUT2D eigenvalue weighted by atomic mass is 9.98. The molecule has 0 saturated heterocycles. The number of para-hydroxylation sites is 1. The number of esters is 1. The van der Waals surface area contributed by atoms with Crippen LogP contribution in [0.4, 0.5) is 14.9 Å². The van der Waals surface area contributed by atoms with Crippen molar-refractivity contribution in [2.24, 2.45) is 0 Å². The third-order valence-corrected chi connectivity index (χ3v) is 5.32. The van der Waals surface area contributed by atoms with E-state index in [2.05, 4.69) is 10.6 Å². The third kappa shape index (κ3) is 5.83. The second-order valence-corrected chi connectivity index (χ2v) is 7.78. The summed E-state index contributed by atoms with van der Waals surface area (Å²) >= 11 is 0. The van der Waals surface area contributed by atoms with Crippen LogP contribution in [0.3, 0.4) is 0 Å². The van der Waals surface area contributed by atoms with E-state index in [-0.39, 0.29) is 30.8 Å². The van der Waals surface area contributed by atoms with Crippen LogP contribution in [-0.2, 0) is 17.6 Å². The highest BCUT2D eigenvalue weighted by molar-refractivity contribution is 6.00. The van der Waals surface area contributed by atoms with Crippen LogP contribution in [0.25, 0.3) is 0 Å². The minimum Gasteiger partial charge on any atom is -0.462 e. The highest BCUT2D eigenvalue weighted by atomic mass is 19.1. The standard InChI is InChI=1S/C26H25FN2O5/c1-2-32-25(30)21-5-3-4-6-22(21)29-26(31)28-20(13-17-7-10-19(27)11-8-17)14-18-9-12-23-24(15-18)34-16-33-23/h3-12,15,20H,2,13-14,16H2,1H3,(H2,28,29,31). The lowest BCUT2D eigenvalue weighted by molar-refractivity contribution is 0.0527. The van der Waals surface area contributed by atoms with Crippen LogP contribution in [0.15, 0.2) is 66.7 Å². The Morgan fingerprint density at radius 3 is 2.47 bits per heavy atom. The summed E-state index contributed by atoms with van der Waals surface area (Å²) < 4.78 is 29.3. The molecule has 0 spiro atoms. The molecule has 0 bridgehead atoms. The molecule has 3 aromatic carbocycles. The zero-order chi connectivity index (χ0) is 23.9. The fourth-order valence-electron chi connectivity index (χ4n) is 3.75. The van der Waals surface area contributed by atoms with E-state index in [1.54, 1.807) is 43.3 Å². The average molecular weight is 464 g/mol. The number of fused-ring (bicyclic) bond motifs is 1. The van der Waals surface area contributed by atoms with Gasteiger partial charge < -0.3 is 24.8 Å². The molecule has 2 amide bonds. The predicted molar refractivity (Wildman–Crippen MR) is 125 cm³/mol. The molecule has 1 atom stereocenters. The fraction of sp³-hybridized carbons (Fsp3) is 0.231. The van der Waals surface area contributed by atoms with Gasteiger partial charge in [-0.15, -0.1) is 0 Å². The number of carbonyl (C=O) groups excluding carboxylic acids is 2. The smallest absolute Gasteiger partial charge is 0.340 e. The Hall–Kier alpha value is -4.07. The molecule has 4 rings (SSSR count). The van der Waals surface area contributed by atoms with Crippen molar-refractivity contribution in [1.29, 1.82) is 0 Å². The van der Waals surface area contributed by atoms with Crippen molar-refractivity contribution in [2.45, 2.75) is 25.8 Å². The van der Waals surface area contributed by atoms with Crippen molar-refractivity contribution in [3.8, 4) is 11.5 Å². The first-order valence-electron chi connectivity index (χ1n) is 11.0. The van der Waals surface area contributed by atoms with Gasteiger partial charge in [0.25, 0.3) is 0 Å². The van der Waals surface area contributed by atoms with Crippen molar-refractivity contribution in [1.82, 2.24) is 5.32 Å². The van der Waals surface area contributed by atoms with Gasteiger partial charge in [-0.3, -0.25) is 0 Å². The minimum absolute atomic E-state index is 0.179. The van der Waals surface area contributed by atoms with Crippen LogP contribution in [0, 0.1) is 5.82 Å². The zero-order valence-corrected chi connectivity index (χ0v) is 18.7. The van der Waals surface area contributed by atoms with E-state index in [9.17, 15) is 14.0 Å². The molecule has 2 N–H and O–H groups in total. The molecular weight excluding hydrogens is 439 g/mol. The Balaban J connectivity index is 1.50. The van der Waals surface area contributed by atoms with Crippen LogP contribution in [0.1, 0.15) is 28.4 Å². The van der Waals surface area contributed by atoms with Crippen molar-refractivity contribution in [2.75, 3.05) is 18.7 Å². The molecule has 8 heteroatoms. The Kier molecular flexibility index (Phi) is 7.27. The summed E-state index contributed by atoms with van der Waals surface area (Å²) in [6, 6.07) is 17.7. The molecule has 0 aromatic heterocycles. The number of halogens is 1. The number of nitrogens with one attached hydrogen (secondary N) is 2. The van der Waals surface area contributed by atoms with Gasteiger partial charge in [0.1, 0.15) is 5.82 Å². The highest BCUT2D eigenvalue weighted by Gasteiger charge is 2.19. The number of hydrogen-bond acceptors (Lipinski definition) is 5. The number of ether oxygens (including phenoxy) is 3. The molecule has 0 fully saturated rings. The number of hydrogen-bond donors (Lipinski definition) is 2. The van der Waals surface area contributed by atoms with E-state index in [1.807, 2.05) is 18.2 Å². The normalized spacial score (nSPS) is 12.6. The summed E-state index contributed by atoms with van der Waals surface area (Å²) in [6.07, 6.45) is 0.975. The van der Waals surface area contributed by atoms with Gasteiger partial charge >= 0.3 is 12.0 Å². The van der Waals surface area contributed by atoms with E-state index in [4.69, 9.17) is 14.2 Å². The van der Waals surface area contributed by atoms with Crippen LogP contribution in [0.2, 0.25) is 0 Å². The second kappa shape index (κ2) is 10.7. The largest absolute Gasteiger partial charge is 0.462 e. The van der Waals surface area contributed by atoms with Crippen molar-refractivity contribution in [3.05, 3.63) is 89.2 Å². The molecule has 0 radical (unpaired) electrons.